The van der Waals surface area contributed by atoms with Gasteiger partial charge in [-0.05, 0) is 32.7 Å². The fourth-order valence-corrected chi connectivity index (χ4v) is 2.33. The summed E-state index contributed by atoms with van der Waals surface area (Å²) in [5, 5.41) is 0. The predicted molar refractivity (Wildman–Crippen MR) is 70.8 cm³/mol. The molecule has 0 unspecified atom stereocenters. The van der Waals surface area contributed by atoms with E-state index in [0.29, 0.717) is 6.54 Å². The van der Waals surface area contributed by atoms with E-state index in [0.717, 1.165) is 51.9 Å². The Labute approximate surface area is 105 Å². The monoisotopic (exact) mass is 241 g/mol. The molecule has 4 nitrogen and oxygen atoms in total. The molecule has 0 bridgehead atoms. The van der Waals surface area contributed by atoms with Crippen LogP contribution in [0.15, 0.2) is 0 Å². The molecule has 1 aliphatic rings. The van der Waals surface area contributed by atoms with E-state index < -0.39 is 0 Å². The zero-order valence-electron chi connectivity index (χ0n) is 11.3. The van der Waals surface area contributed by atoms with E-state index in [1.807, 2.05) is 4.90 Å². The first-order valence-electron chi connectivity index (χ1n) is 6.93. The summed E-state index contributed by atoms with van der Waals surface area (Å²) in [6.45, 7) is 8.36. The van der Waals surface area contributed by atoms with Gasteiger partial charge in [-0.25, -0.2) is 0 Å². The fraction of sp³-hybridized carbons (Fsp3) is 0.923. The van der Waals surface area contributed by atoms with Crippen molar-refractivity contribution in [2.24, 2.45) is 5.73 Å². The van der Waals surface area contributed by atoms with Crippen molar-refractivity contribution in [1.82, 2.24) is 9.80 Å². The van der Waals surface area contributed by atoms with Crippen LogP contribution >= 0.6 is 0 Å². The van der Waals surface area contributed by atoms with Crippen LogP contribution in [-0.4, -0.2) is 54.5 Å². The van der Waals surface area contributed by atoms with Crippen LogP contribution in [0, 0.1) is 0 Å². The molecule has 0 aliphatic carbocycles. The van der Waals surface area contributed by atoms with Gasteiger partial charge in [-0.2, -0.15) is 0 Å². The second-order valence-electron chi connectivity index (χ2n) is 4.96. The van der Waals surface area contributed by atoms with Gasteiger partial charge in [0.25, 0.3) is 0 Å². The minimum Gasteiger partial charge on any atom is -0.342 e. The van der Waals surface area contributed by atoms with Crippen LogP contribution < -0.4 is 5.73 Å². The number of likely N-dealkylation sites (N-methyl/N-ethyl adjacent to an activating group) is 1. The Morgan fingerprint density at radius 1 is 1.47 bits per heavy atom. The molecule has 17 heavy (non-hydrogen) atoms. The van der Waals surface area contributed by atoms with Gasteiger partial charge >= 0.3 is 0 Å². The van der Waals surface area contributed by atoms with Crippen LogP contribution in [0.5, 0.6) is 0 Å². The average molecular weight is 241 g/mol. The first-order valence-corrected chi connectivity index (χ1v) is 6.93. The van der Waals surface area contributed by atoms with Gasteiger partial charge in [0.05, 0.1) is 6.54 Å². The molecule has 0 radical (unpaired) electrons. The van der Waals surface area contributed by atoms with Crippen molar-refractivity contribution in [3.63, 3.8) is 0 Å². The minimum atomic E-state index is 0.252. The van der Waals surface area contributed by atoms with Crippen molar-refractivity contribution in [2.75, 3.05) is 32.7 Å². The first-order chi connectivity index (χ1) is 8.17. The molecule has 1 saturated heterocycles. The van der Waals surface area contributed by atoms with E-state index in [2.05, 4.69) is 18.7 Å². The number of carbonyl (C=O) groups excluding carboxylic acids is 1. The maximum Gasteiger partial charge on any atom is 0.236 e. The molecule has 100 valence electrons. The normalized spacial score (nSPS) is 21.5. The van der Waals surface area contributed by atoms with Crippen LogP contribution in [0.2, 0.25) is 0 Å². The highest BCUT2D eigenvalue weighted by Gasteiger charge is 2.20. The summed E-state index contributed by atoms with van der Waals surface area (Å²) < 4.78 is 0. The molecule has 1 heterocycles. The molecule has 1 amide bonds. The molecule has 0 saturated carbocycles. The number of hydrogen-bond acceptors (Lipinski definition) is 3. The van der Waals surface area contributed by atoms with Gasteiger partial charge in [0.15, 0.2) is 0 Å². The van der Waals surface area contributed by atoms with Gasteiger partial charge < -0.3 is 10.6 Å². The molecule has 1 atom stereocenters. The molecule has 0 aromatic carbocycles. The maximum absolute atomic E-state index is 12.1. The highest BCUT2D eigenvalue weighted by Crippen LogP contribution is 2.08. The number of rotatable bonds is 6. The topological polar surface area (TPSA) is 49.6 Å². The molecule has 0 aromatic heterocycles. The molecule has 4 heteroatoms. The van der Waals surface area contributed by atoms with Crippen LogP contribution in [0.4, 0.5) is 0 Å². The van der Waals surface area contributed by atoms with Crippen molar-refractivity contribution in [2.45, 2.75) is 45.6 Å². The number of amides is 1. The molecular formula is C13H27N3O. The quantitative estimate of drug-likeness (QED) is 0.756. The molecule has 0 spiro atoms. The summed E-state index contributed by atoms with van der Waals surface area (Å²) in [4.78, 5) is 16.3. The number of piperidine rings is 1. The van der Waals surface area contributed by atoms with Gasteiger partial charge in [0.1, 0.15) is 0 Å². The average Bonchev–Trinajstić information content (AvgIpc) is 2.30. The van der Waals surface area contributed by atoms with Crippen molar-refractivity contribution in [1.29, 1.82) is 0 Å². The van der Waals surface area contributed by atoms with Crippen molar-refractivity contribution < 1.29 is 4.79 Å². The predicted octanol–water partition coefficient (Wildman–Crippen LogP) is 1.06. The largest absolute Gasteiger partial charge is 0.342 e. The molecule has 1 fully saturated rings. The SMILES string of the molecule is CCCCN(CC)C(=O)CN1CCC[C@H](N)C1. The van der Waals surface area contributed by atoms with Gasteiger partial charge in [-0.1, -0.05) is 13.3 Å². The third-order valence-corrected chi connectivity index (χ3v) is 3.42. The Bertz CT molecular complexity index is 233. The van der Waals surface area contributed by atoms with E-state index in [1.54, 1.807) is 0 Å². The highest BCUT2D eigenvalue weighted by atomic mass is 16.2. The summed E-state index contributed by atoms with van der Waals surface area (Å²) in [5.41, 5.74) is 5.92. The maximum atomic E-state index is 12.1. The smallest absolute Gasteiger partial charge is 0.236 e. The van der Waals surface area contributed by atoms with E-state index in [9.17, 15) is 4.79 Å². The van der Waals surface area contributed by atoms with Crippen LogP contribution in [0.3, 0.4) is 0 Å². The van der Waals surface area contributed by atoms with E-state index in [1.165, 1.54) is 0 Å². The number of hydrogen-bond donors (Lipinski definition) is 1. The molecule has 1 rings (SSSR count). The summed E-state index contributed by atoms with van der Waals surface area (Å²) in [6, 6.07) is 0.252. The number of nitrogens with zero attached hydrogens (tertiary/aromatic N) is 2. The number of nitrogens with two attached hydrogens (primary N) is 1. The molecule has 1 aliphatic heterocycles. The Morgan fingerprint density at radius 3 is 2.82 bits per heavy atom. The molecule has 2 N–H and O–H groups in total. The summed E-state index contributed by atoms with van der Waals surface area (Å²) in [7, 11) is 0. The Morgan fingerprint density at radius 2 is 2.24 bits per heavy atom. The van der Waals surface area contributed by atoms with Gasteiger partial charge in [0.2, 0.25) is 5.91 Å². The second kappa shape index (κ2) is 7.67. The second-order valence-corrected chi connectivity index (χ2v) is 4.96. The van der Waals surface area contributed by atoms with Gasteiger partial charge in [-0.15, -0.1) is 0 Å². The highest BCUT2D eigenvalue weighted by molar-refractivity contribution is 5.78. The lowest BCUT2D eigenvalue weighted by Crippen LogP contribution is -2.48. The zero-order chi connectivity index (χ0) is 12.7. The Hall–Kier alpha value is -0.610. The summed E-state index contributed by atoms with van der Waals surface area (Å²) in [5.74, 6) is 0.259. The molecular weight excluding hydrogens is 214 g/mol. The Kier molecular flexibility index (Phi) is 6.52. The van der Waals surface area contributed by atoms with Crippen molar-refractivity contribution in [3.05, 3.63) is 0 Å². The number of carbonyl (C=O) groups is 1. The lowest BCUT2D eigenvalue weighted by atomic mass is 10.1. The zero-order valence-corrected chi connectivity index (χ0v) is 11.3. The van der Waals surface area contributed by atoms with Crippen molar-refractivity contribution >= 4 is 5.91 Å². The van der Waals surface area contributed by atoms with E-state index in [-0.39, 0.29) is 11.9 Å². The van der Waals surface area contributed by atoms with Crippen LogP contribution in [0.25, 0.3) is 0 Å². The van der Waals surface area contributed by atoms with Gasteiger partial charge in [-0.3, -0.25) is 9.69 Å². The fourth-order valence-electron chi connectivity index (χ4n) is 2.33. The lowest BCUT2D eigenvalue weighted by Gasteiger charge is -2.32. The van der Waals surface area contributed by atoms with Crippen LogP contribution in [0.1, 0.15) is 39.5 Å². The molecule has 0 aromatic rings. The van der Waals surface area contributed by atoms with Gasteiger partial charge in [0, 0.05) is 25.7 Å². The number of likely N-dealkylation sites (tertiary alicyclic amines) is 1. The van der Waals surface area contributed by atoms with E-state index in [4.69, 9.17) is 5.73 Å². The summed E-state index contributed by atoms with van der Waals surface area (Å²) >= 11 is 0. The summed E-state index contributed by atoms with van der Waals surface area (Å²) in [6.07, 6.45) is 4.45. The Balaban J connectivity index is 2.35. The first kappa shape index (κ1) is 14.5. The lowest BCUT2D eigenvalue weighted by molar-refractivity contribution is -0.132. The van der Waals surface area contributed by atoms with E-state index >= 15 is 0 Å². The standard InChI is InChI=1S/C13H27N3O/c1-3-5-9-16(4-2)13(17)11-15-8-6-7-12(14)10-15/h12H,3-11,14H2,1-2H3/t12-/m0/s1. The minimum absolute atomic E-state index is 0.252. The number of unbranched alkanes of at least 4 members (excludes halogenated alkanes) is 1. The third kappa shape index (κ3) is 5.04. The van der Waals surface area contributed by atoms with Crippen molar-refractivity contribution in [3.8, 4) is 0 Å². The van der Waals surface area contributed by atoms with Crippen LogP contribution in [-0.2, 0) is 4.79 Å². The third-order valence-electron chi connectivity index (χ3n) is 3.42.